The van der Waals surface area contributed by atoms with Crippen LogP contribution >= 0.6 is 34.2 Å². The van der Waals surface area contributed by atoms with Gasteiger partial charge in [0.25, 0.3) is 0 Å². The van der Waals surface area contributed by atoms with Gasteiger partial charge in [-0.25, -0.2) is 0 Å². The summed E-state index contributed by atoms with van der Waals surface area (Å²) in [6.07, 6.45) is 4.53. The standard InChI is InChI=1S/C23H16ClIO/c1-13-9-10-14-5-4-7-15(20(14)22(13)25)16-11-12-18(24)21-17-6-2-3-8-19(17)26-23(16)21/h2-13,22H,1H3. The van der Waals surface area contributed by atoms with Crippen LogP contribution in [0.1, 0.15) is 22.0 Å². The minimum atomic E-state index is 0.430. The number of alkyl halides is 1. The van der Waals surface area contributed by atoms with Gasteiger partial charge in [0, 0.05) is 20.3 Å². The summed E-state index contributed by atoms with van der Waals surface area (Å²) in [7, 11) is 0. The van der Waals surface area contributed by atoms with Crippen molar-refractivity contribution in [3.63, 3.8) is 0 Å². The number of hydrogen-bond acceptors (Lipinski definition) is 1. The van der Waals surface area contributed by atoms with E-state index in [0.29, 0.717) is 9.84 Å². The molecule has 128 valence electrons. The highest BCUT2D eigenvalue weighted by atomic mass is 127. The van der Waals surface area contributed by atoms with E-state index in [1.54, 1.807) is 0 Å². The summed E-state index contributed by atoms with van der Waals surface area (Å²) in [5.41, 5.74) is 6.77. The zero-order valence-electron chi connectivity index (χ0n) is 14.2. The van der Waals surface area contributed by atoms with Gasteiger partial charge in [-0.15, -0.1) is 0 Å². The SMILES string of the molecule is CC1C=Cc2cccc(-c3ccc(Cl)c4c3oc3ccccc34)c2C1I. The van der Waals surface area contributed by atoms with E-state index < -0.39 is 0 Å². The first-order valence-corrected chi connectivity index (χ1v) is 10.3. The highest BCUT2D eigenvalue weighted by Crippen LogP contribution is 2.47. The fourth-order valence-corrected chi connectivity index (χ4v) is 5.07. The Labute approximate surface area is 170 Å². The van der Waals surface area contributed by atoms with Crippen LogP contribution in [-0.2, 0) is 0 Å². The molecule has 0 N–H and O–H groups in total. The van der Waals surface area contributed by atoms with Crippen LogP contribution in [0.2, 0.25) is 5.02 Å². The zero-order valence-corrected chi connectivity index (χ0v) is 17.1. The number of benzene rings is 3. The lowest BCUT2D eigenvalue weighted by Crippen LogP contribution is -2.08. The van der Waals surface area contributed by atoms with Gasteiger partial charge >= 0.3 is 0 Å². The number of fused-ring (bicyclic) bond motifs is 4. The molecule has 26 heavy (non-hydrogen) atoms. The predicted octanol–water partition coefficient (Wildman–Crippen LogP) is 8.05. The zero-order chi connectivity index (χ0) is 17.8. The molecular weight excluding hydrogens is 455 g/mol. The van der Waals surface area contributed by atoms with Gasteiger partial charge in [-0.1, -0.05) is 89.7 Å². The Morgan fingerprint density at radius 1 is 0.962 bits per heavy atom. The van der Waals surface area contributed by atoms with Crippen LogP contribution < -0.4 is 0 Å². The van der Waals surface area contributed by atoms with Crippen molar-refractivity contribution < 1.29 is 4.42 Å². The normalized spacial score (nSPS) is 19.2. The maximum atomic E-state index is 6.56. The average Bonchev–Trinajstić information content (AvgIpc) is 3.05. The lowest BCUT2D eigenvalue weighted by atomic mass is 9.85. The van der Waals surface area contributed by atoms with Crippen LogP contribution in [0.4, 0.5) is 0 Å². The smallest absolute Gasteiger partial charge is 0.144 e. The molecule has 2 atom stereocenters. The minimum absolute atomic E-state index is 0.430. The van der Waals surface area contributed by atoms with Gasteiger partial charge in [-0.3, -0.25) is 0 Å². The van der Waals surface area contributed by atoms with Crippen LogP contribution in [0.3, 0.4) is 0 Å². The van der Waals surface area contributed by atoms with Crippen molar-refractivity contribution in [3.05, 3.63) is 76.8 Å². The fraction of sp³-hybridized carbons (Fsp3) is 0.130. The Bertz CT molecular complexity index is 1190. The third kappa shape index (κ3) is 2.35. The molecule has 3 aromatic carbocycles. The Kier molecular flexibility index (Phi) is 3.87. The van der Waals surface area contributed by atoms with E-state index in [2.05, 4.69) is 72.0 Å². The fourth-order valence-electron chi connectivity index (χ4n) is 3.89. The van der Waals surface area contributed by atoms with Gasteiger partial charge in [0.1, 0.15) is 11.2 Å². The molecule has 1 heterocycles. The lowest BCUT2D eigenvalue weighted by molar-refractivity contribution is 0.669. The molecule has 0 bridgehead atoms. The molecule has 3 heteroatoms. The summed E-state index contributed by atoms with van der Waals surface area (Å²) in [5, 5.41) is 2.80. The molecule has 0 spiro atoms. The number of halogens is 2. The third-order valence-corrected chi connectivity index (χ3v) is 7.29. The van der Waals surface area contributed by atoms with E-state index in [-0.39, 0.29) is 0 Å². The Morgan fingerprint density at radius 2 is 1.81 bits per heavy atom. The molecule has 2 unspecified atom stereocenters. The number of allylic oxidation sites excluding steroid dienone is 1. The monoisotopic (exact) mass is 470 g/mol. The van der Waals surface area contributed by atoms with Gasteiger partial charge in [-0.05, 0) is 40.8 Å². The second kappa shape index (κ2) is 6.14. The van der Waals surface area contributed by atoms with E-state index >= 15 is 0 Å². The van der Waals surface area contributed by atoms with E-state index in [0.717, 1.165) is 32.5 Å². The summed E-state index contributed by atoms with van der Waals surface area (Å²) in [6.45, 7) is 2.27. The molecule has 0 amide bonds. The molecule has 1 aliphatic carbocycles. The van der Waals surface area contributed by atoms with Crippen molar-refractivity contribution in [1.29, 1.82) is 0 Å². The lowest BCUT2D eigenvalue weighted by Gasteiger charge is -2.25. The van der Waals surface area contributed by atoms with Crippen molar-refractivity contribution in [2.75, 3.05) is 0 Å². The van der Waals surface area contributed by atoms with Crippen LogP contribution in [0.25, 0.3) is 39.1 Å². The molecule has 1 aliphatic rings. The number of rotatable bonds is 1. The summed E-state index contributed by atoms with van der Waals surface area (Å²) in [5.74, 6) is 0.503. The molecular formula is C23H16ClIO. The van der Waals surface area contributed by atoms with E-state index in [1.165, 1.54) is 16.7 Å². The first-order valence-electron chi connectivity index (χ1n) is 8.70. The van der Waals surface area contributed by atoms with Crippen molar-refractivity contribution in [3.8, 4) is 11.1 Å². The van der Waals surface area contributed by atoms with Crippen molar-refractivity contribution in [1.82, 2.24) is 0 Å². The number of hydrogen-bond donors (Lipinski definition) is 0. The summed E-state index contributed by atoms with van der Waals surface area (Å²) in [4.78, 5) is 0. The van der Waals surface area contributed by atoms with Gasteiger partial charge in [0.2, 0.25) is 0 Å². The summed E-state index contributed by atoms with van der Waals surface area (Å²) >= 11 is 9.12. The topological polar surface area (TPSA) is 13.1 Å². The molecule has 0 saturated carbocycles. The van der Waals surface area contributed by atoms with Gasteiger partial charge in [0.15, 0.2) is 0 Å². The van der Waals surface area contributed by atoms with Crippen LogP contribution in [-0.4, -0.2) is 0 Å². The quantitative estimate of drug-likeness (QED) is 0.203. The highest BCUT2D eigenvalue weighted by Gasteiger charge is 2.25. The van der Waals surface area contributed by atoms with E-state index in [1.807, 2.05) is 24.3 Å². The van der Waals surface area contributed by atoms with E-state index in [4.69, 9.17) is 16.0 Å². The first kappa shape index (κ1) is 16.4. The molecule has 0 aliphatic heterocycles. The maximum Gasteiger partial charge on any atom is 0.144 e. The van der Waals surface area contributed by atoms with Crippen LogP contribution in [0.5, 0.6) is 0 Å². The van der Waals surface area contributed by atoms with Crippen molar-refractivity contribution in [2.45, 2.75) is 10.8 Å². The largest absolute Gasteiger partial charge is 0.455 e. The summed E-state index contributed by atoms with van der Waals surface area (Å²) in [6, 6.07) is 18.7. The highest BCUT2D eigenvalue weighted by molar-refractivity contribution is 14.1. The van der Waals surface area contributed by atoms with Crippen molar-refractivity contribution >= 4 is 62.2 Å². The van der Waals surface area contributed by atoms with Gasteiger partial charge < -0.3 is 4.42 Å². The third-order valence-electron chi connectivity index (χ3n) is 5.22. The molecule has 1 aromatic heterocycles. The predicted molar refractivity (Wildman–Crippen MR) is 119 cm³/mol. The Hall–Kier alpha value is -1.78. The maximum absolute atomic E-state index is 6.56. The molecule has 4 aromatic rings. The Balaban J connectivity index is 1.88. The van der Waals surface area contributed by atoms with Gasteiger partial charge in [-0.2, -0.15) is 0 Å². The molecule has 0 radical (unpaired) electrons. The molecule has 5 rings (SSSR count). The number of para-hydroxylation sites is 1. The second-order valence-electron chi connectivity index (χ2n) is 6.83. The van der Waals surface area contributed by atoms with Gasteiger partial charge in [0.05, 0.1) is 5.02 Å². The molecule has 1 nitrogen and oxygen atoms in total. The first-order chi connectivity index (χ1) is 12.6. The van der Waals surface area contributed by atoms with Crippen LogP contribution in [0, 0.1) is 5.92 Å². The Morgan fingerprint density at radius 3 is 2.69 bits per heavy atom. The minimum Gasteiger partial charge on any atom is -0.455 e. The number of furan rings is 1. The average molecular weight is 471 g/mol. The van der Waals surface area contributed by atoms with Crippen molar-refractivity contribution in [2.24, 2.45) is 5.92 Å². The summed E-state index contributed by atoms with van der Waals surface area (Å²) < 4.78 is 6.70. The molecule has 0 fully saturated rings. The van der Waals surface area contributed by atoms with E-state index in [9.17, 15) is 0 Å². The molecule has 0 saturated heterocycles. The van der Waals surface area contributed by atoms with Crippen LogP contribution in [0.15, 0.2) is 65.1 Å². The second-order valence-corrected chi connectivity index (χ2v) is 8.57.